The number of rotatable bonds is 5. The minimum atomic E-state index is 0.473. The van der Waals surface area contributed by atoms with Crippen LogP contribution in [0.2, 0.25) is 0 Å². The molecule has 0 bridgehead atoms. The zero-order valence-corrected chi connectivity index (χ0v) is 9.74. The third-order valence-electron chi connectivity index (χ3n) is 2.31. The van der Waals surface area contributed by atoms with Crippen LogP contribution < -0.4 is 0 Å². The molecule has 0 amide bonds. The second kappa shape index (κ2) is 5.63. The molecule has 0 saturated carbocycles. The topological polar surface area (TPSA) is 3.24 Å². The summed E-state index contributed by atoms with van der Waals surface area (Å²) in [7, 11) is 2.12. The lowest BCUT2D eigenvalue weighted by Gasteiger charge is -2.22. The van der Waals surface area contributed by atoms with Crippen molar-refractivity contribution in [3.8, 4) is 0 Å². The van der Waals surface area contributed by atoms with Crippen LogP contribution in [0.25, 0.3) is 0 Å². The molecule has 0 radical (unpaired) electrons. The van der Waals surface area contributed by atoms with Crippen LogP contribution in [0.5, 0.6) is 0 Å². The van der Waals surface area contributed by atoms with Crippen LogP contribution in [0.1, 0.15) is 12.5 Å². The Morgan fingerprint density at radius 3 is 2.92 bits per heavy atom. The Labute approximate surface area is 89.3 Å². The Hall–Kier alpha value is -0.0500. The van der Waals surface area contributed by atoms with Crippen LogP contribution >= 0.6 is 22.9 Å². The van der Waals surface area contributed by atoms with E-state index in [-0.39, 0.29) is 0 Å². The van der Waals surface area contributed by atoms with E-state index >= 15 is 0 Å². The second-order valence-electron chi connectivity index (χ2n) is 3.37. The summed E-state index contributed by atoms with van der Waals surface area (Å²) in [6, 6.07) is 2.66. The van der Waals surface area contributed by atoms with Gasteiger partial charge in [-0.25, -0.2) is 0 Å². The molecule has 3 heteroatoms. The largest absolute Gasteiger partial charge is 0.302 e. The molecule has 0 aliphatic rings. The summed E-state index contributed by atoms with van der Waals surface area (Å²) < 4.78 is 0. The fourth-order valence-corrected chi connectivity index (χ4v) is 2.02. The van der Waals surface area contributed by atoms with Gasteiger partial charge in [0.05, 0.1) is 0 Å². The van der Waals surface area contributed by atoms with Crippen molar-refractivity contribution < 1.29 is 0 Å². The average molecular weight is 218 g/mol. The van der Waals surface area contributed by atoms with Crippen LogP contribution in [0.3, 0.4) is 0 Å². The molecular weight excluding hydrogens is 202 g/mol. The zero-order chi connectivity index (χ0) is 9.68. The third-order valence-corrected chi connectivity index (χ3v) is 3.49. The molecule has 0 spiro atoms. The molecule has 1 atom stereocenters. The van der Waals surface area contributed by atoms with Crippen molar-refractivity contribution in [1.82, 2.24) is 4.90 Å². The van der Waals surface area contributed by atoms with E-state index in [2.05, 4.69) is 35.7 Å². The number of thiophene rings is 1. The van der Waals surface area contributed by atoms with Crippen molar-refractivity contribution in [1.29, 1.82) is 0 Å². The average Bonchev–Trinajstić information content (AvgIpc) is 2.65. The van der Waals surface area contributed by atoms with Gasteiger partial charge in [0.2, 0.25) is 0 Å². The van der Waals surface area contributed by atoms with Gasteiger partial charge in [-0.15, -0.1) is 11.6 Å². The van der Waals surface area contributed by atoms with Crippen molar-refractivity contribution in [2.24, 2.45) is 0 Å². The number of hydrogen-bond acceptors (Lipinski definition) is 2. The van der Waals surface area contributed by atoms with Crippen LogP contribution in [-0.2, 0) is 6.42 Å². The fourth-order valence-electron chi connectivity index (χ4n) is 1.08. The van der Waals surface area contributed by atoms with E-state index in [4.69, 9.17) is 11.6 Å². The molecule has 1 unspecified atom stereocenters. The van der Waals surface area contributed by atoms with E-state index in [0.717, 1.165) is 13.0 Å². The SMILES string of the molecule is CC(CCl)N(C)CCc1ccsc1. The van der Waals surface area contributed by atoms with Crippen molar-refractivity contribution in [2.75, 3.05) is 19.5 Å². The zero-order valence-electron chi connectivity index (χ0n) is 8.16. The third kappa shape index (κ3) is 3.67. The first-order valence-corrected chi connectivity index (χ1v) is 5.99. The summed E-state index contributed by atoms with van der Waals surface area (Å²) in [4.78, 5) is 2.30. The Kier molecular flexibility index (Phi) is 4.78. The lowest BCUT2D eigenvalue weighted by Crippen LogP contribution is -2.32. The first-order chi connectivity index (χ1) is 6.24. The molecule has 1 rings (SSSR count). The molecule has 74 valence electrons. The smallest absolute Gasteiger partial charge is 0.0376 e. The van der Waals surface area contributed by atoms with E-state index in [9.17, 15) is 0 Å². The summed E-state index contributed by atoms with van der Waals surface area (Å²) in [6.45, 7) is 3.24. The van der Waals surface area contributed by atoms with E-state index in [1.807, 2.05) is 0 Å². The normalized spacial score (nSPS) is 13.5. The highest BCUT2D eigenvalue weighted by atomic mass is 35.5. The Morgan fingerprint density at radius 2 is 2.38 bits per heavy atom. The van der Waals surface area contributed by atoms with E-state index in [0.29, 0.717) is 11.9 Å². The minimum Gasteiger partial charge on any atom is -0.302 e. The molecule has 13 heavy (non-hydrogen) atoms. The number of alkyl halides is 1. The second-order valence-corrected chi connectivity index (χ2v) is 4.45. The van der Waals surface area contributed by atoms with E-state index < -0.39 is 0 Å². The first kappa shape index (κ1) is 11.0. The van der Waals surface area contributed by atoms with Gasteiger partial charge < -0.3 is 4.90 Å². The molecule has 0 aliphatic heterocycles. The molecule has 0 fully saturated rings. The molecule has 0 aliphatic carbocycles. The Bertz CT molecular complexity index is 223. The minimum absolute atomic E-state index is 0.473. The highest BCUT2D eigenvalue weighted by Gasteiger charge is 2.06. The molecule has 1 aromatic rings. The van der Waals surface area contributed by atoms with Crippen molar-refractivity contribution >= 4 is 22.9 Å². The van der Waals surface area contributed by atoms with Gasteiger partial charge in [-0.1, -0.05) is 0 Å². The van der Waals surface area contributed by atoms with E-state index in [1.54, 1.807) is 11.3 Å². The van der Waals surface area contributed by atoms with Gasteiger partial charge >= 0.3 is 0 Å². The molecule has 0 N–H and O–H groups in total. The van der Waals surface area contributed by atoms with Crippen LogP contribution in [0, 0.1) is 0 Å². The van der Waals surface area contributed by atoms with Crippen LogP contribution in [0.4, 0.5) is 0 Å². The highest BCUT2D eigenvalue weighted by Crippen LogP contribution is 2.08. The van der Waals surface area contributed by atoms with Gasteiger partial charge in [-0.2, -0.15) is 11.3 Å². The van der Waals surface area contributed by atoms with Crippen molar-refractivity contribution in [3.05, 3.63) is 22.4 Å². The van der Waals surface area contributed by atoms with Gasteiger partial charge in [-0.05, 0) is 42.8 Å². The Morgan fingerprint density at radius 1 is 1.62 bits per heavy atom. The van der Waals surface area contributed by atoms with Crippen LogP contribution in [0.15, 0.2) is 16.8 Å². The van der Waals surface area contributed by atoms with E-state index in [1.165, 1.54) is 5.56 Å². The number of hydrogen-bond donors (Lipinski definition) is 0. The van der Waals surface area contributed by atoms with Gasteiger partial charge in [0.1, 0.15) is 0 Å². The predicted molar refractivity (Wildman–Crippen MR) is 60.8 cm³/mol. The maximum Gasteiger partial charge on any atom is 0.0376 e. The standard InChI is InChI=1S/C10H16ClNS/c1-9(7-11)12(2)5-3-10-4-6-13-8-10/h4,6,8-9H,3,5,7H2,1-2H3. The number of likely N-dealkylation sites (N-methyl/N-ethyl adjacent to an activating group) is 1. The monoisotopic (exact) mass is 217 g/mol. The fraction of sp³-hybridized carbons (Fsp3) is 0.600. The summed E-state index contributed by atoms with van der Waals surface area (Å²) in [5.41, 5.74) is 1.43. The lowest BCUT2D eigenvalue weighted by molar-refractivity contribution is 0.280. The molecule has 1 heterocycles. The van der Waals surface area contributed by atoms with Gasteiger partial charge in [0, 0.05) is 18.5 Å². The first-order valence-electron chi connectivity index (χ1n) is 4.51. The molecule has 1 nitrogen and oxygen atoms in total. The maximum absolute atomic E-state index is 5.77. The highest BCUT2D eigenvalue weighted by molar-refractivity contribution is 7.07. The van der Waals surface area contributed by atoms with Crippen LogP contribution in [-0.4, -0.2) is 30.4 Å². The van der Waals surface area contributed by atoms with Crippen molar-refractivity contribution in [3.63, 3.8) is 0 Å². The summed E-state index contributed by atoms with van der Waals surface area (Å²) in [5.74, 6) is 0.708. The quantitative estimate of drug-likeness (QED) is 0.686. The predicted octanol–water partition coefficient (Wildman–Crippen LogP) is 2.85. The number of halogens is 1. The lowest BCUT2D eigenvalue weighted by atomic mass is 10.2. The summed E-state index contributed by atoms with van der Waals surface area (Å²) in [5, 5.41) is 4.33. The Balaban J connectivity index is 2.26. The van der Waals surface area contributed by atoms with Gasteiger partial charge in [0.25, 0.3) is 0 Å². The number of nitrogens with zero attached hydrogens (tertiary/aromatic N) is 1. The summed E-state index contributed by atoms with van der Waals surface area (Å²) >= 11 is 7.53. The molecular formula is C10H16ClNS. The molecule has 0 aromatic carbocycles. The summed E-state index contributed by atoms with van der Waals surface area (Å²) in [6.07, 6.45) is 1.13. The van der Waals surface area contributed by atoms with Crippen molar-refractivity contribution in [2.45, 2.75) is 19.4 Å². The molecule has 1 aromatic heterocycles. The maximum atomic E-state index is 5.77. The molecule has 0 saturated heterocycles. The van der Waals surface area contributed by atoms with Gasteiger partial charge in [0.15, 0.2) is 0 Å². The van der Waals surface area contributed by atoms with Gasteiger partial charge in [-0.3, -0.25) is 0 Å².